The molecule has 3 N–H and O–H groups in total. The molecular weight excluding hydrogens is 462 g/mol. The molecule has 0 fully saturated rings. The van der Waals surface area contributed by atoms with Crippen molar-refractivity contribution in [2.75, 3.05) is 13.2 Å². The molecule has 3 heterocycles. The maximum atomic E-state index is 12.7. The normalized spacial score (nSPS) is 14.1. The molecule has 0 bridgehead atoms. The summed E-state index contributed by atoms with van der Waals surface area (Å²) in [5, 5.41) is 11.6. The van der Waals surface area contributed by atoms with Crippen LogP contribution in [0.25, 0.3) is 0 Å². The van der Waals surface area contributed by atoms with Gasteiger partial charge in [0, 0.05) is 19.3 Å². The topological polar surface area (TPSA) is 137 Å². The lowest BCUT2D eigenvalue weighted by atomic mass is 10.1. The summed E-state index contributed by atoms with van der Waals surface area (Å²) in [6.45, 7) is 5.04. The molecule has 1 aliphatic heterocycles. The van der Waals surface area contributed by atoms with E-state index in [-0.39, 0.29) is 25.7 Å². The number of rotatable bonds is 9. The first-order valence-corrected chi connectivity index (χ1v) is 11.8. The van der Waals surface area contributed by atoms with Gasteiger partial charge in [-0.15, -0.1) is 10.2 Å². The van der Waals surface area contributed by atoms with Crippen LogP contribution in [0.4, 0.5) is 4.79 Å². The number of fused-ring (bicyclic) bond motifs is 1. The van der Waals surface area contributed by atoms with E-state index in [1.165, 1.54) is 0 Å². The third kappa shape index (κ3) is 6.43. The summed E-state index contributed by atoms with van der Waals surface area (Å²) >= 11 is 0. The van der Waals surface area contributed by atoms with Gasteiger partial charge in [-0.25, -0.2) is 4.79 Å². The van der Waals surface area contributed by atoms with E-state index in [4.69, 9.17) is 15.2 Å². The van der Waals surface area contributed by atoms with Gasteiger partial charge in [0.15, 0.2) is 11.6 Å². The Balaban J connectivity index is 1.42. The summed E-state index contributed by atoms with van der Waals surface area (Å²) in [5.74, 6) is 0.821. The monoisotopic (exact) mass is 493 g/mol. The van der Waals surface area contributed by atoms with E-state index in [1.54, 1.807) is 37.1 Å². The molecule has 2 aromatic heterocycles. The van der Waals surface area contributed by atoms with Gasteiger partial charge in [-0.2, -0.15) is 0 Å². The smallest absolute Gasteiger partial charge is 0.410 e. The highest BCUT2D eigenvalue weighted by Gasteiger charge is 2.31. The quantitative estimate of drug-likeness (QED) is 0.461. The summed E-state index contributed by atoms with van der Waals surface area (Å²) in [4.78, 5) is 31.0. The van der Waals surface area contributed by atoms with Crippen molar-refractivity contribution >= 4 is 12.0 Å². The van der Waals surface area contributed by atoms with Crippen LogP contribution in [0.2, 0.25) is 0 Å². The average molecular weight is 494 g/mol. The number of ether oxygens (including phenoxy) is 2. The van der Waals surface area contributed by atoms with E-state index in [1.807, 2.05) is 41.0 Å². The number of benzene rings is 1. The first kappa shape index (κ1) is 25.3. The zero-order valence-corrected chi connectivity index (χ0v) is 20.5. The first-order valence-electron chi connectivity index (χ1n) is 11.8. The predicted molar refractivity (Wildman–Crippen MR) is 130 cm³/mol. The molecule has 0 saturated heterocycles. The number of aromatic nitrogens is 4. The Labute approximate surface area is 209 Å². The number of carbonyl (C=O) groups excluding carboxylic acids is 2. The molecule has 1 atom stereocenters. The molecule has 0 spiro atoms. The highest BCUT2D eigenvalue weighted by Crippen LogP contribution is 2.20. The number of nitrogens with two attached hydrogens (primary N) is 1. The molecule has 1 aliphatic rings. The molecule has 11 nitrogen and oxygen atoms in total. The minimum atomic E-state index is -1.07. The van der Waals surface area contributed by atoms with Gasteiger partial charge in [-0.05, 0) is 31.5 Å². The zero-order valence-electron chi connectivity index (χ0n) is 20.5. The fourth-order valence-corrected chi connectivity index (χ4v) is 3.70. The van der Waals surface area contributed by atoms with Crippen LogP contribution in [-0.2, 0) is 40.6 Å². The van der Waals surface area contributed by atoms with Crippen molar-refractivity contribution in [1.82, 2.24) is 30.0 Å². The van der Waals surface area contributed by atoms with Crippen LogP contribution in [-0.4, -0.2) is 55.3 Å². The van der Waals surface area contributed by atoms with Crippen LogP contribution < -0.4 is 11.1 Å². The number of hydrogen-bond donors (Lipinski definition) is 2. The lowest BCUT2D eigenvalue weighted by molar-refractivity contribution is -0.126. The average Bonchev–Trinajstić information content (AvgIpc) is 3.30. The van der Waals surface area contributed by atoms with Crippen LogP contribution in [0, 0.1) is 0 Å². The van der Waals surface area contributed by atoms with E-state index in [0.717, 1.165) is 5.56 Å². The summed E-state index contributed by atoms with van der Waals surface area (Å²) in [6, 6.07) is 14.6. The van der Waals surface area contributed by atoms with Gasteiger partial charge in [0.2, 0.25) is 5.91 Å². The van der Waals surface area contributed by atoms with Gasteiger partial charge in [0.25, 0.3) is 0 Å². The third-order valence-corrected chi connectivity index (χ3v) is 5.71. The molecule has 0 radical (unpaired) electrons. The van der Waals surface area contributed by atoms with Crippen molar-refractivity contribution in [3.8, 4) is 0 Å². The lowest BCUT2D eigenvalue weighted by Gasteiger charge is -2.29. The highest BCUT2D eigenvalue weighted by atomic mass is 16.6. The second-order valence-corrected chi connectivity index (χ2v) is 9.17. The molecular formula is C25H31N7O4. The van der Waals surface area contributed by atoms with Crippen molar-refractivity contribution in [3.05, 3.63) is 77.6 Å². The van der Waals surface area contributed by atoms with E-state index in [9.17, 15) is 9.59 Å². The lowest BCUT2D eigenvalue weighted by Crippen LogP contribution is -2.51. The van der Waals surface area contributed by atoms with Crippen LogP contribution in [0.3, 0.4) is 0 Å². The Morgan fingerprint density at radius 2 is 1.86 bits per heavy atom. The van der Waals surface area contributed by atoms with E-state index in [2.05, 4.69) is 20.5 Å². The van der Waals surface area contributed by atoms with Gasteiger partial charge in [-0.3, -0.25) is 14.7 Å². The van der Waals surface area contributed by atoms with Gasteiger partial charge < -0.3 is 25.1 Å². The molecule has 190 valence electrons. The summed E-state index contributed by atoms with van der Waals surface area (Å²) in [5.41, 5.74) is 6.62. The fourth-order valence-electron chi connectivity index (χ4n) is 3.70. The molecule has 0 aliphatic carbocycles. The Bertz CT molecular complexity index is 1160. The van der Waals surface area contributed by atoms with Crippen LogP contribution >= 0.6 is 0 Å². The third-order valence-electron chi connectivity index (χ3n) is 5.71. The maximum absolute atomic E-state index is 12.7. The largest absolute Gasteiger partial charge is 0.443 e. The Kier molecular flexibility index (Phi) is 7.91. The Morgan fingerprint density at radius 3 is 2.58 bits per heavy atom. The van der Waals surface area contributed by atoms with Gasteiger partial charge in [0.05, 0.1) is 31.0 Å². The summed E-state index contributed by atoms with van der Waals surface area (Å²) in [6.07, 6.45) is 1.20. The predicted octanol–water partition coefficient (Wildman–Crippen LogP) is 1.94. The van der Waals surface area contributed by atoms with Crippen LogP contribution in [0.15, 0.2) is 54.7 Å². The zero-order chi connectivity index (χ0) is 25.5. The molecule has 36 heavy (non-hydrogen) atoms. The van der Waals surface area contributed by atoms with Crippen molar-refractivity contribution in [3.63, 3.8) is 0 Å². The number of hydrogen-bond acceptors (Lipinski definition) is 8. The van der Waals surface area contributed by atoms with Crippen LogP contribution in [0.1, 0.15) is 42.8 Å². The Morgan fingerprint density at radius 1 is 1.08 bits per heavy atom. The van der Waals surface area contributed by atoms with Crippen LogP contribution in [0.5, 0.6) is 0 Å². The molecule has 4 rings (SSSR count). The maximum Gasteiger partial charge on any atom is 0.410 e. The SMILES string of the molecule is CC(C)(N)C(=O)N[C@H](COCc1ccccc1)c1nnc2n1CCN(C(=O)OCc1ccccn1)C2. The minimum Gasteiger partial charge on any atom is -0.443 e. The molecule has 3 aromatic rings. The molecule has 0 saturated carbocycles. The van der Waals surface area contributed by atoms with Crippen molar-refractivity contribution in [1.29, 1.82) is 0 Å². The van der Waals surface area contributed by atoms with Gasteiger partial charge in [0.1, 0.15) is 12.6 Å². The molecule has 0 unspecified atom stereocenters. The molecule has 1 aromatic carbocycles. The van der Waals surface area contributed by atoms with Gasteiger partial charge in [-0.1, -0.05) is 36.4 Å². The summed E-state index contributed by atoms with van der Waals surface area (Å²) in [7, 11) is 0. The number of nitrogens with one attached hydrogen (secondary N) is 1. The van der Waals surface area contributed by atoms with E-state index < -0.39 is 17.7 Å². The second kappa shape index (κ2) is 11.3. The summed E-state index contributed by atoms with van der Waals surface area (Å²) < 4.78 is 13.2. The highest BCUT2D eigenvalue weighted by molar-refractivity contribution is 5.85. The molecule has 11 heteroatoms. The standard InChI is InChI=1S/C25H31N7O4/c1-25(2,26)23(33)28-20(17-35-15-18-8-4-3-5-9-18)22-30-29-21-14-31(12-13-32(21)22)24(34)36-16-19-10-6-7-11-27-19/h3-11,20H,12-17,26H2,1-2H3,(H,28,33)/t20-/m1/s1. The second-order valence-electron chi connectivity index (χ2n) is 9.17. The van der Waals surface area contributed by atoms with Crippen molar-refractivity contribution in [2.24, 2.45) is 5.73 Å². The fraction of sp³-hybridized carbons (Fsp3) is 0.400. The van der Waals surface area contributed by atoms with Gasteiger partial charge >= 0.3 is 6.09 Å². The molecule has 2 amide bonds. The number of amides is 2. The van der Waals surface area contributed by atoms with Crippen molar-refractivity contribution in [2.45, 2.75) is 51.7 Å². The number of nitrogens with zero attached hydrogens (tertiary/aromatic N) is 5. The first-order chi connectivity index (χ1) is 17.3. The minimum absolute atomic E-state index is 0.0931. The van der Waals surface area contributed by atoms with E-state index >= 15 is 0 Å². The number of pyridine rings is 1. The Hall–Kier alpha value is -3.83. The number of carbonyl (C=O) groups is 2. The van der Waals surface area contributed by atoms with Crippen molar-refractivity contribution < 1.29 is 19.1 Å². The van der Waals surface area contributed by atoms with E-state index in [0.29, 0.717) is 37.0 Å².